The topological polar surface area (TPSA) is 52.6 Å². The van der Waals surface area contributed by atoms with Gasteiger partial charge in [-0.2, -0.15) is 0 Å². The Hall–Kier alpha value is -0.820. The second kappa shape index (κ2) is 4.61. The van der Waals surface area contributed by atoms with Gasteiger partial charge in [-0.3, -0.25) is 10.2 Å². The fourth-order valence-corrected chi connectivity index (χ4v) is 1.26. The molecule has 0 atom stereocenters. The van der Waals surface area contributed by atoms with E-state index < -0.39 is 0 Å². The summed E-state index contributed by atoms with van der Waals surface area (Å²) in [5, 5.41) is 10.9. The third-order valence-electron chi connectivity index (χ3n) is 1.53. The Bertz CT molecular complexity index is 353. The van der Waals surface area contributed by atoms with E-state index in [1.54, 1.807) is 31.2 Å². The number of phenols is 1. The van der Waals surface area contributed by atoms with E-state index in [1.807, 2.05) is 22.6 Å². The van der Waals surface area contributed by atoms with E-state index in [0.29, 0.717) is 5.56 Å². The van der Waals surface area contributed by atoms with E-state index in [1.165, 1.54) is 6.07 Å². The van der Waals surface area contributed by atoms with Crippen LogP contribution in [0, 0.1) is 3.57 Å². The van der Waals surface area contributed by atoms with Crippen molar-refractivity contribution in [2.24, 2.45) is 0 Å². The molecule has 0 aliphatic heterocycles. The minimum atomic E-state index is -0.235. The Labute approximate surface area is 96.0 Å². The second-order valence-corrected chi connectivity index (χ2v) is 4.16. The van der Waals surface area contributed by atoms with Crippen LogP contribution in [0.2, 0.25) is 0 Å². The van der Waals surface area contributed by atoms with E-state index in [4.69, 9.17) is 0 Å². The molecule has 0 aromatic heterocycles. The number of hydrogen-bond donors (Lipinski definition) is 2. The maximum absolute atomic E-state index is 11.5. The molecule has 0 spiro atoms. The van der Waals surface area contributed by atoms with Gasteiger partial charge in [-0.25, -0.2) is 5.01 Å². The lowest BCUT2D eigenvalue weighted by molar-refractivity contribution is 0.0856. The molecule has 5 heteroatoms. The molecule has 0 heterocycles. The SMILES string of the molecule is CN(C)NC(=O)c1ccc(I)c(O)c1. The van der Waals surface area contributed by atoms with Crippen molar-refractivity contribution in [3.05, 3.63) is 27.3 Å². The molecule has 1 aromatic carbocycles. The quantitative estimate of drug-likeness (QED) is 0.638. The van der Waals surface area contributed by atoms with Gasteiger partial charge in [0.15, 0.2) is 0 Å². The van der Waals surface area contributed by atoms with Gasteiger partial charge in [0.2, 0.25) is 0 Å². The average Bonchev–Trinajstić information content (AvgIpc) is 2.08. The lowest BCUT2D eigenvalue weighted by Gasteiger charge is -2.11. The number of nitrogens with one attached hydrogen (secondary N) is 1. The number of aromatic hydroxyl groups is 1. The van der Waals surface area contributed by atoms with E-state index in [0.717, 1.165) is 3.57 Å². The van der Waals surface area contributed by atoms with E-state index >= 15 is 0 Å². The number of halogens is 1. The predicted molar refractivity (Wildman–Crippen MR) is 62.0 cm³/mol. The number of carbonyl (C=O) groups excluding carboxylic acids is 1. The Morgan fingerprint density at radius 1 is 1.50 bits per heavy atom. The van der Waals surface area contributed by atoms with Gasteiger partial charge < -0.3 is 5.11 Å². The lowest BCUT2D eigenvalue weighted by atomic mass is 10.2. The van der Waals surface area contributed by atoms with Crippen LogP contribution in [-0.2, 0) is 0 Å². The van der Waals surface area contributed by atoms with Gasteiger partial charge in [0.25, 0.3) is 5.91 Å². The van der Waals surface area contributed by atoms with Gasteiger partial charge in [0.1, 0.15) is 5.75 Å². The van der Waals surface area contributed by atoms with Crippen LogP contribution >= 0.6 is 22.6 Å². The third kappa shape index (κ3) is 2.85. The summed E-state index contributed by atoms with van der Waals surface area (Å²) in [7, 11) is 3.45. The van der Waals surface area contributed by atoms with E-state index in [-0.39, 0.29) is 11.7 Å². The molecule has 2 N–H and O–H groups in total. The Kier molecular flexibility index (Phi) is 3.70. The van der Waals surface area contributed by atoms with Gasteiger partial charge in [0, 0.05) is 19.7 Å². The van der Waals surface area contributed by atoms with Crippen molar-refractivity contribution in [3.63, 3.8) is 0 Å². The zero-order chi connectivity index (χ0) is 10.7. The molecule has 0 aliphatic carbocycles. The van der Waals surface area contributed by atoms with Crippen LogP contribution < -0.4 is 5.43 Å². The predicted octanol–water partition coefficient (Wildman–Crippen LogP) is 1.20. The molecule has 0 fully saturated rings. The van der Waals surface area contributed by atoms with Crippen LogP contribution in [0.25, 0.3) is 0 Å². The molecule has 0 saturated heterocycles. The van der Waals surface area contributed by atoms with Crippen LogP contribution in [-0.4, -0.2) is 30.1 Å². The highest BCUT2D eigenvalue weighted by atomic mass is 127. The number of hydrazine groups is 1. The second-order valence-electron chi connectivity index (χ2n) is 3.00. The summed E-state index contributed by atoms with van der Waals surface area (Å²) in [6.45, 7) is 0. The summed E-state index contributed by atoms with van der Waals surface area (Å²) < 4.78 is 0.726. The maximum atomic E-state index is 11.5. The van der Waals surface area contributed by atoms with E-state index in [9.17, 15) is 9.90 Å². The van der Waals surface area contributed by atoms with Crippen molar-refractivity contribution in [2.45, 2.75) is 0 Å². The number of hydrogen-bond acceptors (Lipinski definition) is 3. The molecule has 0 radical (unpaired) electrons. The zero-order valence-electron chi connectivity index (χ0n) is 7.91. The summed E-state index contributed by atoms with van der Waals surface area (Å²) in [5.41, 5.74) is 3.03. The number of benzene rings is 1. The maximum Gasteiger partial charge on any atom is 0.265 e. The number of carbonyl (C=O) groups is 1. The van der Waals surface area contributed by atoms with Gasteiger partial charge >= 0.3 is 0 Å². The molecule has 1 aromatic rings. The van der Waals surface area contributed by atoms with Crippen molar-refractivity contribution in [3.8, 4) is 5.75 Å². The van der Waals surface area contributed by atoms with Crippen LogP contribution in [0.1, 0.15) is 10.4 Å². The first-order valence-electron chi connectivity index (χ1n) is 3.97. The molecule has 0 aliphatic rings. The molecule has 0 saturated carbocycles. The van der Waals surface area contributed by atoms with Crippen molar-refractivity contribution in [2.75, 3.05) is 14.1 Å². The number of rotatable bonds is 2. The normalized spacial score (nSPS) is 10.3. The first-order chi connectivity index (χ1) is 6.50. The standard InChI is InChI=1S/C9H11IN2O2/c1-12(2)11-9(14)6-3-4-7(10)8(13)5-6/h3-5,13H,1-2H3,(H,11,14). The molecule has 1 amide bonds. The highest BCUT2D eigenvalue weighted by Crippen LogP contribution is 2.20. The van der Waals surface area contributed by atoms with Crippen LogP contribution in [0.4, 0.5) is 0 Å². The Balaban J connectivity index is 2.86. The first kappa shape index (κ1) is 11.3. The average molecular weight is 306 g/mol. The third-order valence-corrected chi connectivity index (χ3v) is 2.45. The van der Waals surface area contributed by atoms with Crippen molar-refractivity contribution in [1.82, 2.24) is 10.4 Å². The molecular formula is C9H11IN2O2. The first-order valence-corrected chi connectivity index (χ1v) is 5.05. The summed E-state index contributed by atoms with van der Waals surface area (Å²) in [6, 6.07) is 4.81. The minimum absolute atomic E-state index is 0.122. The largest absolute Gasteiger partial charge is 0.507 e. The smallest absolute Gasteiger partial charge is 0.265 e. The minimum Gasteiger partial charge on any atom is -0.507 e. The number of nitrogens with zero attached hydrogens (tertiary/aromatic N) is 1. The molecule has 0 unspecified atom stereocenters. The summed E-state index contributed by atoms with van der Waals surface area (Å²) in [6.07, 6.45) is 0. The van der Waals surface area contributed by atoms with Gasteiger partial charge in [-0.15, -0.1) is 0 Å². The fraction of sp³-hybridized carbons (Fsp3) is 0.222. The Morgan fingerprint density at radius 2 is 2.14 bits per heavy atom. The van der Waals surface area contributed by atoms with Crippen LogP contribution in [0.3, 0.4) is 0 Å². The zero-order valence-corrected chi connectivity index (χ0v) is 10.1. The molecule has 0 bridgehead atoms. The highest BCUT2D eigenvalue weighted by molar-refractivity contribution is 14.1. The van der Waals surface area contributed by atoms with Crippen molar-refractivity contribution >= 4 is 28.5 Å². The van der Waals surface area contributed by atoms with Gasteiger partial charge in [-0.1, -0.05) is 0 Å². The summed E-state index contributed by atoms with van der Waals surface area (Å²) in [5.74, 6) is -0.112. The lowest BCUT2D eigenvalue weighted by Crippen LogP contribution is -2.36. The molecule has 14 heavy (non-hydrogen) atoms. The monoisotopic (exact) mass is 306 g/mol. The number of phenolic OH excluding ortho intramolecular Hbond substituents is 1. The van der Waals surface area contributed by atoms with Crippen LogP contribution in [0.15, 0.2) is 18.2 Å². The van der Waals surface area contributed by atoms with Gasteiger partial charge in [-0.05, 0) is 40.8 Å². The molecule has 76 valence electrons. The fourth-order valence-electron chi connectivity index (χ4n) is 0.922. The van der Waals surface area contributed by atoms with Gasteiger partial charge in [0.05, 0.1) is 3.57 Å². The molecule has 1 rings (SSSR count). The van der Waals surface area contributed by atoms with Crippen molar-refractivity contribution < 1.29 is 9.90 Å². The number of amides is 1. The summed E-state index contributed by atoms with van der Waals surface area (Å²) >= 11 is 2.00. The Morgan fingerprint density at radius 3 is 2.64 bits per heavy atom. The summed E-state index contributed by atoms with van der Waals surface area (Å²) in [4.78, 5) is 11.5. The molecular weight excluding hydrogens is 295 g/mol. The highest BCUT2D eigenvalue weighted by Gasteiger charge is 2.07. The van der Waals surface area contributed by atoms with Crippen molar-refractivity contribution in [1.29, 1.82) is 0 Å². The van der Waals surface area contributed by atoms with Crippen LogP contribution in [0.5, 0.6) is 5.75 Å². The van der Waals surface area contributed by atoms with E-state index in [2.05, 4.69) is 5.43 Å². The molecule has 4 nitrogen and oxygen atoms in total.